The van der Waals surface area contributed by atoms with Gasteiger partial charge in [-0.15, -0.1) is 12.4 Å². The first kappa shape index (κ1) is 15.9. The standard InChI is InChI=1S/C13H20N2O.ClH/c1-9-5-10(2)7-12(6-9)13(16)15(4)11(3)8-14;/h5-7,11H,8,14H2,1-4H3;1H. The van der Waals surface area contributed by atoms with Crippen LogP contribution in [0.25, 0.3) is 0 Å². The minimum atomic E-state index is 0. The predicted molar refractivity (Wildman–Crippen MR) is 73.8 cm³/mol. The molecule has 0 spiro atoms. The van der Waals surface area contributed by atoms with E-state index in [1.807, 2.05) is 32.9 Å². The highest BCUT2D eigenvalue weighted by molar-refractivity contribution is 5.94. The third-order valence-corrected chi connectivity index (χ3v) is 2.79. The lowest BCUT2D eigenvalue weighted by Crippen LogP contribution is -2.39. The number of hydrogen-bond acceptors (Lipinski definition) is 2. The summed E-state index contributed by atoms with van der Waals surface area (Å²) in [5.74, 6) is 0.0322. The van der Waals surface area contributed by atoms with E-state index in [2.05, 4.69) is 6.07 Å². The number of nitrogens with zero attached hydrogens (tertiary/aromatic N) is 1. The number of carbonyl (C=O) groups excluding carboxylic acids is 1. The van der Waals surface area contributed by atoms with Gasteiger partial charge in [-0.05, 0) is 32.9 Å². The first-order valence-electron chi connectivity index (χ1n) is 5.51. The first-order chi connectivity index (χ1) is 7.45. The van der Waals surface area contributed by atoms with Crippen molar-refractivity contribution in [2.24, 2.45) is 5.73 Å². The Balaban J connectivity index is 0.00000256. The second kappa shape index (κ2) is 6.62. The average molecular weight is 257 g/mol. The molecule has 2 N–H and O–H groups in total. The summed E-state index contributed by atoms with van der Waals surface area (Å²) in [5, 5.41) is 0. The fraction of sp³-hybridized carbons (Fsp3) is 0.462. The van der Waals surface area contributed by atoms with E-state index in [0.717, 1.165) is 16.7 Å². The molecule has 3 nitrogen and oxygen atoms in total. The van der Waals surface area contributed by atoms with Crippen molar-refractivity contribution < 1.29 is 4.79 Å². The second-order valence-electron chi connectivity index (χ2n) is 4.38. The van der Waals surface area contributed by atoms with Gasteiger partial charge in [0.25, 0.3) is 5.91 Å². The van der Waals surface area contributed by atoms with Gasteiger partial charge in [0.15, 0.2) is 0 Å². The van der Waals surface area contributed by atoms with E-state index >= 15 is 0 Å². The van der Waals surface area contributed by atoms with Gasteiger partial charge in [0.1, 0.15) is 0 Å². The lowest BCUT2D eigenvalue weighted by molar-refractivity contribution is 0.0748. The van der Waals surface area contributed by atoms with Crippen molar-refractivity contribution in [3.63, 3.8) is 0 Å². The Morgan fingerprint density at radius 2 is 1.76 bits per heavy atom. The normalized spacial score (nSPS) is 11.6. The second-order valence-corrected chi connectivity index (χ2v) is 4.38. The van der Waals surface area contributed by atoms with Crippen molar-refractivity contribution in [2.75, 3.05) is 13.6 Å². The zero-order valence-electron chi connectivity index (χ0n) is 10.9. The van der Waals surface area contributed by atoms with E-state index in [1.54, 1.807) is 11.9 Å². The Morgan fingerprint density at radius 1 is 1.29 bits per heavy atom. The topological polar surface area (TPSA) is 46.3 Å². The van der Waals surface area contributed by atoms with Gasteiger partial charge in [-0.25, -0.2) is 0 Å². The number of aryl methyl sites for hydroxylation is 2. The van der Waals surface area contributed by atoms with Gasteiger partial charge in [0.2, 0.25) is 0 Å². The van der Waals surface area contributed by atoms with Crippen LogP contribution in [-0.4, -0.2) is 30.4 Å². The number of halogens is 1. The number of nitrogens with two attached hydrogens (primary N) is 1. The van der Waals surface area contributed by atoms with E-state index in [1.165, 1.54) is 0 Å². The molecule has 1 amide bonds. The Hall–Kier alpha value is -1.06. The molecule has 96 valence electrons. The van der Waals surface area contributed by atoms with Gasteiger partial charge in [0, 0.05) is 25.2 Å². The third-order valence-electron chi connectivity index (χ3n) is 2.79. The maximum Gasteiger partial charge on any atom is 0.253 e. The molecule has 0 aliphatic rings. The van der Waals surface area contributed by atoms with Crippen molar-refractivity contribution in [3.05, 3.63) is 34.9 Å². The van der Waals surface area contributed by atoms with Crippen molar-refractivity contribution in [2.45, 2.75) is 26.8 Å². The summed E-state index contributed by atoms with van der Waals surface area (Å²) in [6, 6.07) is 5.95. The molecule has 0 saturated heterocycles. The van der Waals surface area contributed by atoms with Crippen LogP contribution < -0.4 is 5.73 Å². The van der Waals surface area contributed by atoms with Gasteiger partial charge in [-0.3, -0.25) is 4.79 Å². The van der Waals surface area contributed by atoms with Crippen LogP contribution in [-0.2, 0) is 0 Å². The van der Waals surface area contributed by atoms with Crippen LogP contribution in [0.15, 0.2) is 18.2 Å². The summed E-state index contributed by atoms with van der Waals surface area (Å²) in [5.41, 5.74) is 8.51. The maximum atomic E-state index is 12.1. The number of benzene rings is 1. The minimum absolute atomic E-state index is 0. The molecule has 0 aromatic heterocycles. The molecule has 1 unspecified atom stereocenters. The smallest absolute Gasteiger partial charge is 0.253 e. The summed E-state index contributed by atoms with van der Waals surface area (Å²) in [7, 11) is 1.79. The Morgan fingerprint density at radius 3 is 2.18 bits per heavy atom. The van der Waals surface area contributed by atoms with Crippen LogP contribution in [0.1, 0.15) is 28.4 Å². The molecule has 1 atom stereocenters. The Kier molecular flexibility index (Phi) is 6.21. The summed E-state index contributed by atoms with van der Waals surface area (Å²) in [6.07, 6.45) is 0. The molecule has 1 aromatic carbocycles. The van der Waals surface area contributed by atoms with Crippen molar-refractivity contribution in [1.29, 1.82) is 0 Å². The molecular weight excluding hydrogens is 236 g/mol. The van der Waals surface area contributed by atoms with E-state index in [9.17, 15) is 4.79 Å². The number of likely N-dealkylation sites (N-methyl/N-ethyl adjacent to an activating group) is 1. The molecule has 0 aliphatic carbocycles. The zero-order chi connectivity index (χ0) is 12.3. The Labute approximate surface area is 109 Å². The molecule has 0 radical (unpaired) electrons. The van der Waals surface area contributed by atoms with Crippen LogP contribution in [0.4, 0.5) is 0 Å². The highest BCUT2D eigenvalue weighted by Crippen LogP contribution is 2.12. The lowest BCUT2D eigenvalue weighted by atomic mass is 10.1. The Bertz CT molecular complexity index is 373. The molecule has 17 heavy (non-hydrogen) atoms. The number of carbonyl (C=O) groups is 1. The van der Waals surface area contributed by atoms with E-state index in [4.69, 9.17) is 5.73 Å². The first-order valence-corrected chi connectivity index (χ1v) is 5.51. The molecule has 0 saturated carbocycles. The van der Waals surface area contributed by atoms with Crippen LogP contribution >= 0.6 is 12.4 Å². The summed E-state index contributed by atoms with van der Waals surface area (Å²) < 4.78 is 0. The summed E-state index contributed by atoms with van der Waals surface area (Å²) in [4.78, 5) is 13.8. The summed E-state index contributed by atoms with van der Waals surface area (Å²) >= 11 is 0. The predicted octanol–water partition coefficient (Wildman–Crippen LogP) is 2.14. The molecule has 0 fully saturated rings. The van der Waals surface area contributed by atoms with Crippen LogP contribution in [0.3, 0.4) is 0 Å². The molecule has 1 aromatic rings. The summed E-state index contributed by atoms with van der Waals surface area (Å²) in [6.45, 7) is 6.42. The fourth-order valence-corrected chi connectivity index (χ4v) is 1.66. The fourth-order valence-electron chi connectivity index (χ4n) is 1.66. The largest absolute Gasteiger partial charge is 0.338 e. The lowest BCUT2D eigenvalue weighted by Gasteiger charge is -2.24. The van der Waals surface area contributed by atoms with Gasteiger partial charge in [0.05, 0.1) is 0 Å². The van der Waals surface area contributed by atoms with Crippen molar-refractivity contribution in [1.82, 2.24) is 4.90 Å². The third kappa shape index (κ3) is 4.02. The van der Waals surface area contributed by atoms with Gasteiger partial charge in [-0.1, -0.05) is 17.2 Å². The molecule has 0 aliphatic heterocycles. The van der Waals surface area contributed by atoms with Gasteiger partial charge < -0.3 is 10.6 Å². The van der Waals surface area contributed by atoms with E-state index < -0.39 is 0 Å². The molecular formula is C13H21ClN2O. The number of amides is 1. The van der Waals surface area contributed by atoms with E-state index in [-0.39, 0.29) is 24.4 Å². The monoisotopic (exact) mass is 256 g/mol. The van der Waals surface area contributed by atoms with Gasteiger partial charge in [-0.2, -0.15) is 0 Å². The number of hydrogen-bond donors (Lipinski definition) is 1. The highest BCUT2D eigenvalue weighted by Gasteiger charge is 2.16. The van der Waals surface area contributed by atoms with Crippen molar-refractivity contribution in [3.8, 4) is 0 Å². The molecule has 0 bridgehead atoms. The van der Waals surface area contributed by atoms with Crippen LogP contribution in [0.5, 0.6) is 0 Å². The maximum absolute atomic E-state index is 12.1. The zero-order valence-corrected chi connectivity index (χ0v) is 11.7. The molecule has 0 heterocycles. The van der Waals surface area contributed by atoms with Crippen LogP contribution in [0, 0.1) is 13.8 Å². The molecule has 1 rings (SSSR count). The van der Waals surface area contributed by atoms with Gasteiger partial charge >= 0.3 is 0 Å². The molecule has 4 heteroatoms. The van der Waals surface area contributed by atoms with E-state index in [0.29, 0.717) is 6.54 Å². The minimum Gasteiger partial charge on any atom is -0.338 e. The number of rotatable bonds is 3. The van der Waals surface area contributed by atoms with Crippen molar-refractivity contribution >= 4 is 18.3 Å². The van der Waals surface area contributed by atoms with Crippen LogP contribution in [0.2, 0.25) is 0 Å². The average Bonchev–Trinajstić information content (AvgIpc) is 2.24. The highest BCUT2D eigenvalue weighted by atomic mass is 35.5. The quantitative estimate of drug-likeness (QED) is 0.901. The SMILES string of the molecule is Cc1cc(C)cc(C(=O)N(C)C(C)CN)c1.Cl.